The number of guanidine groups is 1. The number of aryl methyl sites for hydroxylation is 1. The molecular weight excluding hydrogens is 473 g/mol. The Morgan fingerprint density at radius 3 is 2.26 bits per heavy atom. The number of aliphatic imine (C=N–C) groups is 1. The van der Waals surface area contributed by atoms with Crippen molar-refractivity contribution >= 4 is 41.7 Å². The van der Waals surface area contributed by atoms with Crippen LogP contribution in [0.15, 0.2) is 46.3 Å². The van der Waals surface area contributed by atoms with Crippen LogP contribution in [-0.2, 0) is 13.1 Å². The van der Waals surface area contributed by atoms with E-state index in [0.29, 0.717) is 6.54 Å². The number of hydrogen-bond donors (Lipinski definition) is 2. The summed E-state index contributed by atoms with van der Waals surface area (Å²) in [5.74, 6) is 2.31. The molecular formula is C20H28IN3O2S. The maximum atomic E-state index is 5.44. The normalized spacial score (nSPS) is 10.8. The molecule has 0 saturated carbocycles. The largest absolute Gasteiger partial charge is 0.497 e. The first-order valence-corrected chi connectivity index (χ1v) is 9.62. The molecule has 0 atom stereocenters. The third-order valence-corrected chi connectivity index (χ3v) is 4.87. The highest BCUT2D eigenvalue weighted by Crippen LogP contribution is 2.24. The second-order valence-corrected chi connectivity index (χ2v) is 6.62. The van der Waals surface area contributed by atoms with Gasteiger partial charge in [0.1, 0.15) is 11.5 Å². The number of thioether (sulfide) groups is 1. The van der Waals surface area contributed by atoms with Gasteiger partial charge < -0.3 is 20.1 Å². The number of nitrogens with one attached hydrogen (secondary N) is 2. The Morgan fingerprint density at radius 2 is 1.67 bits per heavy atom. The van der Waals surface area contributed by atoms with Crippen LogP contribution in [0, 0.1) is 6.92 Å². The Morgan fingerprint density at radius 1 is 1.00 bits per heavy atom. The Hall–Kier alpha value is -1.61. The molecule has 0 saturated heterocycles. The van der Waals surface area contributed by atoms with E-state index in [9.17, 15) is 0 Å². The predicted molar refractivity (Wildman–Crippen MR) is 125 cm³/mol. The zero-order valence-corrected chi connectivity index (χ0v) is 19.6. The zero-order valence-electron chi connectivity index (χ0n) is 16.5. The van der Waals surface area contributed by atoms with E-state index in [1.807, 2.05) is 18.2 Å². The highest BCUT2D eigenvalue weighted by atomic mass is 127. The molecule has 0 bridgehead atoms. The lowest BCUT2D eigenvalue weighted by Crippen LogP contribution is -2.36. The molecule has 2 N–H and O–H groups in total. The summed E-state index contributed by atoms with van der Waals surface area (Å²) in [5.41, 5.74) is 3.57. The van der Waals surface area contributed by atoms with Crippen LogP contribution in [0.2, 0.25) is 0 Å². The van der Waals surface area contributed by atoms with E-state index in [1.54, 1.807) is 33.0 Å². The number of ether oxygens (including phenoxy) is 2. The van der Waals surface area contributed by atoms with Gasteiger partial charge in [0.05, 0.1) is 14.2 Å². The minimum Gasteiger partial charge on any atom is -0.497 e. The molecule has 0 aliphatic carbocycles. The molecule has 0 heterocycles. The van der Waals surface area contributed by atoms with E-state index in [1.165, 1.54) is 16.0 Å². The second kappa shape index (κ2) is 12.0. The summed E-state index contributed by atoms with van der Waals surface area (Å²) in [7, 11) is 5.07. The summed E-state index contributed by atoms with van der Waals surface area (Å²) in [6.45, 7) is 3.44. The van der Waals surface area contributed by atoms with Gasteiger partial charge in [-0.1, -0.05) is 12.1 Å². The van der Waals surface area contributed by atoms with Gasteiger partial charge in [0.15, 0.2) is 5.96 Å². The van der Waals surface area contributed by atoms with Gasteiger partial charge in [0.25, 0.3) is 0 Å². The van der Waals surface area contributed by atoms with Gasteiger partial charge in [0, 0.05) is 36.7 Å². The first-order chi connectivity index (χ1) is 12.6. The van der Waals surface area contributed by atoms with Crippen molar-refractivity contribution in [1.82, 2.24) is 10.6 Å². The molecule has 7 heteroatoms. The standard InChI is InChI=1S/C20H27N3O2S.HI/c1-14-6-7-16(19(10-14)26-5)13-23-20(21-2)22-12-15-8-9-17(24-3)11-18(15)25-4;/h6-11H,12-13H2,1-5H3,(H2,21,22,23);1H. The molecule has 0 amide bonds. The Bertz CT molecular complexity index is 769. The smallest absolute Gasteiger partial charge is 0.191 e. The van der Waals surface area contributed by atoms with Crippen molar-refractivity contribution in [3.8, 4) is 11.5 Å². The highest BCUT2D eigenvalue weighted by molar-refractivity contribution is 14.0. The van der Waals surface area contributed by atoms with Gasteiger partial charge in [-0.3, -0.25) is 4.99 Å². The monoisotopic (exact) mass is 501 g/mol. The van der Waals surface area contributed by atoms with E-state index in [0.717, 1.165) is 29.6 Å². The topological polar surface area (TPSA) is 54.9 Å². The van der Waals surface area contributed by atoms with Crippen LogP contribution in [0.25, 0.3) is 0 Å². The minimum atomic E-state index is 0. The quantitative estimate of drug-likeness (QED) is 0.258. The maximum absolute atomic E-state index is 5.44. The number of hydrogen-bond acceptors (Lipinski definition) is 4. The Balaban J connectivity index is 0.00000364. The summed E-state index contributed by atoms with van der Waals surface area (Å²) in [6.07, 6.45) is 2.10. The number of nitrogens with zero attached hydrogens (tertiary/aromatic N) is 1. The fraction of sp³-hybridized carbons (Fsp3) is 0.350. The van der Waals surface area contributed by atoms with E-state index in [-0.39, 0.29) is 24.0 Å². The van der Waals surface area contributed by atoms with Crippen LogP contribution in [0.1, 0.15) is 16.7 Å². The molecule has 5 nitrogen and oxygen atoms in total. The summed E-state index contributed by atoms with van der Waals surface area (Å²) in [6, 6.07) is 12.3. The summed E-state index contributed by atoms with van der Waals surface area (Å²) in [4.78, 5) is 5.58. The van der Waals surface area contributed by atoms with Crippen LogP contribution in [0.4, 0.5) is 0 Å². The van der Waals surface area contributed by atoms with Crippen molar-refractivity contribution in [1.29, 1.82) is 0 Å². The van der Waals surface area contributed by atoms with Crippen LogP contribution in [-0.4, -0.2) is 33.5 Å². The molecule has 148 valence electrons. The predicted octanol–water partition coefficient (Wildman–Crippen LogP) is 4.22. The van der Waals surface area contributed by atoms with Crippen molar-refractivity contribution in [2.24, 2.45) is 4.99 Å². The lowest BCUT2D eigenvalue weighted by molar-refractivity contribution is 0.390. The van der Waals surface area contributed by atoms with Gasteiger partial charge >= 0.3 is 0 Å². The number of halogens is 1. The number of methoxy groups -OCH3 is 2. The van der Waals surface area contributed by atoms with Crippen LogP contribution >= 0.6 is 35.7 Å². The minimum absolute atomic E-state index is 0. The van der Waals surface area contributed by atoms with Gasteiger partial charge in [0.2, 0.25) is 0 Å². The third-order valence-electron chi connectivity index (χ3n) is 4.05. The summed E-state index contributed by atoms with van der Waals surface area (Å²) >= 11 is 1.76. The van der Waals surface area contributed by atoms with Crippen molar-refractivity contribution < 1.29 is 9.47 Å². The lowest BCUT2D eigenvalue weighted by Gasteiger charge is -2.15. The first-order valence-electron chi connectivity index (χ1n) is 8.40. The average Bonchev–Trinajstić information content (AvgIpc) is 2.68. The van der Waals surface area contributed by atoms with Crippen LogP contribution in [0.5, 0.6) is 11.5 Å². The highest BCUT2D eigenvalue weighted by Gasteiger charge is 2.07. The molecule has 0 aromatic heterocycles. The van der Waals surface area contributed by atoms with Crippen molar-refractivity contribution in [3.63, 3.8) is 0 Å². The second-order valence-electron chi connectivity index (χ2n) is 5.77. The lowest BCUT2D eigenvalue weighted by atomic mass is 10.1. The van der Waals surface area contributed by atoms with Gasteiger partial charge in [-0.05, 0) is 42.5 Å². The van der Waals surface area contributed by atoms with E-state index >= 15 is 0 Å². The molecule has 0 aliphatic rings. The van der Waals surface area contributed by atoms with Gasteiger partial charge in [-0.15, -0.1) is 35.7 Å². The fourth-order valence-corrected chi connectivity index (χ4v) is 3.28. The Labute approximate surface area is 183 Å². The number of rotatable bonds is 7. The molecule has 0 fully saturated rings. The fourth-order valence-electron chi connectivity index (χ4n) is 2.57. The molecule has 2 aromatic rings. The first kappa shape index (κ1) is 23.4. The van der Waals surface area contributed by atoms with E-state index in [4.69, 9.17) is 9.47 Å². The number of benzene rings is 2. The van der Waals surface area contributed by atoms with Crippen LogP contribution in [0.3, 0.4) is 0 Å². The van der Waals surface area contributed by atoms with Crippen LogP contribution < -0.4 is 20.1 Å². The van der Waals surface area contributed by atoms with Gasteiger partial charge in [-0.2, -0.15) is 0 Å². The summed E-state index contributed by atoms with van der Waals surface area (Å²) < 4.78 is 10.7. The van der Waals surface area contributed by atoms with Crippen molar-refractivity contribution in [3.05, 3.63) is 53.1 Å². The third kappa shape index (κ3) is 6.80. The SMILES string of the molecule is CN=C(NCc1ccc(OC)cc1OC)NCc1ccc(C)cc1SC.I. The van der Waals surface area contributed by atoms with Gasteiger partial charge in [-0.25, -0.2) is 0 Å². The molecule has 0 unspecified atom stereocenters. The molecule has 2 rings (SSSR count). The molecule has 0 aliphatic heterocycles. The molecule has 27 heavy (non-hydrogen) atoms. The summed E-state index contributed by atoms with van der Waals surface area (Å²) in [5, 5.41) is 6.70. The van der Waals surface area contributed by atoms with Crippen molar-refractivity contribution in [2.45, 2.75) is 24.9 Å². The molecule has 2 aromatic carbocycles. The average molecular weight is 501 g/mol. The molecule has 0 spiro atoms. The zero-order chi connectivity index (χ0) is 18.9. The van der Waals surface area contributed by atoms with E-state index < -0.39 is 0 Å². The Kier molecular flexibility index (Phi) is 10.4. The molecule has 0 radical (unpaired) electrons. The van der Waals surface area contributed by atoms with Crippen molar-refractivity contribution in [2.75, 3.05) is 27.5 Å². The maximum Gasteiger partial charge on any atom is 0.191 e. The van der Waals surface area contributed by atoms with E-state index in [2.05, 4.69) is 47.0 Å².